The van der Waals surface area contributed by atoms with Crippen LogP contribution in [0.3, 0.4) is 0 Å². The lowest BCUT2D eigenvalue weighted by Gasteiger charge is -2.27. The summed E-state index contributed by atoms with van der Waals surface area (Å²) in [7, 11) is -2.45. The number of hydrogen-bond acceptors (Lipinski definition) is 10. The molecule has 0 aromatic carbocycles. The summed E-state index contributed by atoms with van der Waals surface area (Å²) >= 11 is 0. The molecule has 5 N–H and O–H groups in total. The average molecular weight is 444 g/mol. The van der Waals surface area contributed by atoms with Crippen LogP contribution in [0.15, 0.2) is 6.33 Å². The first kappa shape index (κ1) is 22.9. The van der Waals surface area contributed by atoms with E-state index in [0.29, 0.717) is 11.2 Å². The molecule has 1 aliphatic heterocycles. The zero-order chi connectivity index (χ0) is 22.2. The molecule has 12 nitrogen and oxygen atoms in total. The zero-order valence-corrected chi connectivity index (χ0v) is 18.5. The van der Waals surface area contributed by atoms with Crippen LogP contribution in [0.4, 0.5) is 11.8 Å². The number of methoxy groups -OCH3 is 1. The maximum absolute atomic E-state index is 12.6. The van der Waals surface area contributed by atoms with Crippen LogP contribution in [0.1, 0.15) is 33.9 Å². The Morgan fingerprint density at radius 1 is 1.27 bits per heavy atom. The molecule has 2 aromatic rings. The molecule has 13 heteroatoms. The Bertz CT molecular complexity index is 937. The molecule has 168 valence electrons. The third kappa shape index (κ3) is 4.43. The molecule has 0 saturated carbocycles. The van der Waals surface area contributed by atoms with Crippen molar-refractivity contribution in [3.05, 3.63) is 6.33 Å². The Labute approximate surface area is 174 Å². The number of ether oxygens (including phenoxy) is 3. The topological polar surface area (TPSA) is 170 Å². The summed E-state index contributed by atoms with van der Waals surface area (Å²) in [6.07, 6.45) is -1.65. The standard InChI is InChI=1S/C17H29N6O6P/c1-8(2)27-6-10-12(29-30(24,25)9(3)4)13(26-5)16(28-10)23-7-20-11-14(18)21-17(19)22-15(11)23/h7-10,12-13,16H,6H2,1-5H3,(H,24,25)(H4,18,19,21,22)/t10-,12+,13?,16-/m1/s1. The molecule has 0 amide bonds. The molecule has 0 bridgehead atoms. The van der Waals surface area contributed by atoms with Gasteiger partial charge in [-0.1, -0.05) is 13.8 Å². The van der Waals surface area contributed by atoms with Crippen molar-refractivity contribution in [2.75, 3.05) is 25.2 Å². The minimum absolute atomic E-state index is 0.0131. The van der Waals surface area contributed by atoms with Crippen LogP contribution in [0, 0.1) is 0 Å². The van der Waals surface area contributed by atoms with Crippen molar-refractivity contribution in [2.45, 2.75) is 64.0 Å². The predicted octanol–water partition coefficient (Wildman–Crippen LogP) is 1.31. The van der Waals surface area contributed by atoms with Crippen LogP contribution >= 0.6 is 7.60 Å². The van der Waals surface area contributed by atoms with Gasteiger partial charge in [0.25, 0.3) is 0 Å². The Morgan fingerprint density at radius 2 is 1.97 bits per heavy atom. The smallest absolute Gasteiger partial charge is 0.331 e. The fraction of sp³-hybridized carbons (Fsp3) is 0.706. The summed E-state index contributed by atoms with van der Waals surface area (Å²) < 4.78 is 37.4. The number of imidazole rings is 1. The molecule has 1 saturated heterocycles. The van der Waals surface area contributed by atoms with E-state index in [4.69, 9.17) is 30.2 Å². The molecule has 3 heterocycles. The summed E-state index contributed by atoms with van der Waals surface area (Å²) in [5, 5.41) is 0. The quantitative estimate of drug-likeness (QED) is 0.501. The van der Waals surface area contributed by atoms with E-state index in [9.17, 15) is 9.46 Å². The minimum Gasteiger partial charge on any atom is -0.382 e. The lowest BCUT2D eigenvalue weighted by atomic mass is 10.1. The number of rotatable bonds is 8. The van der Waals surface area contributed by atoms with Crippen molar-refractivity contribution in [3.8, 4) is 0 Å². The third-order valence-corrected chi connectivity index (χ3v) is 6.67. The fourth-order valence-corrected chi connectivity index (χ4v) is 4.02. The fourth-order valence-electron chi connectivity index (χ4n) is 3.17. The van der Waals surface area contributed by atoms with Crippen molar-refractivity contribution < 1.29 is 28.2 Å². The summed E-state index contributed by atoms with van der Waals surface area (Å²) in [6, 6.07) is 0. The van der Waals surface area contributed by atoms with Crippen LogP contribution in [0.2, 0.25) is 0 Å². The first-order valence-corrected chi connectivity index (χ1v) is 11.3. The third-order valence-electron chi connectivity index (χ3n) is 4.82. The van der Waals surface area contributed by atoms with Gasteiger partial charge in [-0.3, -0.25) is 13.7 Å². The second kappa shape index (κ2) is 8.74. The Kier molecular flexibility index (Phi) is 6.66. The summed E-state index contributed by atoms with van der Waals surface area (Å²) in [5.41, 5.74) is 11.8. The molecule has 1 aliphatic rings. The molecule has 0 aliphatic carbocycles. The highest BCUT2D eigenvalue weighted by Gasteiger charge is 2.50. The second-order valence-electron chi connectivity index (χ2n) is 7.67. The largest absolute Gasteiger partial charge is 0.382 e. The highest BCUT2D eigenvalue weighted by atomic mass is 31.2. The monoisotopic (exact) mass is 444 g/mol. The average Bonchev–Trinajstić information content (AvgIpc) is 3.20. The minimum atomic E-state index is -3.92. The second-order valence-corrected chi connectivity index (χ2v) is 10.0. The van der Waals surface area contributed by atoms with Crippen molar-refractivity contribution in [1.29, 1.82) is 0 Å². The van der Waals surface area contributed by atoms with Gasteiger partial charge >= 0.3 is 7.60 Å². The Morgan fingerprint density at radius 3 is 2.57 bits per heavy atom. The van der Waals surface area contributed by atoms with E-state index < -0.39 is 37.8 Å². The lowest BCUT2D eigenvalue weighted by molar-refractivity contribution is -0.0766. The van der Waals surface area contributed by atoms with Gasteiger partial charge in [-0.05, 0) is 13.8 Å². The molecule has 30 heavy (non-hydrogen) atoms. The summed E-state index contributed by atoms with van der Waals surface area (Å²) in [6.45, 7) is 7.13. The molecular formula is C17H29N6O6P. The SMILES string of the molecule is COC1[C@@H](OP(=O)(O)C(C)C)[C@@H](COC(C)C)O[C@H]1n1cnc2c(N)nc(N)nc21. The van der Waals surface area contributed by atoms with Crippen LogP contribution in [0.25, 0.3) is 11.2 Å². The molecule has 0 radical (unpaired) electrons. The van der Waals surface area contributed by atoms with Gasteiger partial charge in [0.1, 0.15) is 23.8 Å². The molecule has 2 aromatic heterocycles. The molecule has 3 rings (SSSR count). The van der Waals surface area contributed by atoms with Crippen LogP contribution < -0.4 is 11.5 Å². The van der Waals surface area contributed by atoms with Gasteiger partial charge in [0, 0.05) is 7.11 Å². The number of hydrogen-bond donors (Lipinski definition) is 3. The van der Waals surface area contributed by atoms with Crippen LogP contribution in [-0.4, -0.2) is 68.2 Å². The highest BCUT2D eigenvalue weighted by molar-refractivity contribution is 7.53. The van der Waals surface area contributed by atoms with Gasteiger partial charge in [0.15, 0.2) is 17.7 Å². The summed E-state index contributed by atoms with van der Waals surface area (Å²) in [4.78, 5) is 22.7. The number of anilines is 2. The molecular weight excluding hydrogens is 415 g/mol. The van der Waals surface area contributed by atoms with E-state index in [1.54, 1.807) is 18.4 Å². The van der Waals surface area contributed by atoms with Crippen molar-refractivity contribution in [2.24, 2.45) is 0 Å². The van der Waals surface area contributed by atoms with E-state index in [1.807, 2.05) is 13.8 Å². The first-order chi connectivity index (χ1) is 14.0. The van der Waals surface area contributed by atoms with Crippen LogP contribution in [0.5, 0.6) is 0 Å². The zero-order valence-electron chi connectivity index (χ0n) is 17.6. The van der Waals surface area contributed by atoms with Crippen LogP contribution in [-0.2, 0) is 23.3 Å². The Hall–Kier alpha value is -1.82. The highest BCUT2D eigenvalue weighted by Crippen LogP contribution is 2.51. The van der Waals surface area contributed by atoms with Crippen molar-refractivity contribution in [3.63, 3.8) is 0 Å². The van der Waals surface area contributed by atoms with Gasteiger partial charge in [-0.25, -0.2) is 4.98 Å². The molecule has 1 fully saturated rings. The number of nitrogens with zero attached hydrogens (tertiary/aromatic N) is 4. The van der Waals surface area contributed by atoms with E-state index in [1.165, 1.54) is 13.4 Å². The van der Waals surface area contributed by atoms with Gasteiger partial charge in [-0.15, -0.1) is 0 Å². The number of nitrogen functional groups attached to an aromatic ring is 2. The maximum atomic E-state index is 12.6. The number of aromatic nitrogens is 4. The molecule has 5 atom stereocenters. The van der Waals surface area contributed by atoms with E-state index in [-0.39, 0.29) is 24.5 Å². The lowest BCUT2D eigenvalue weighted by Crippen LogP contribution is -2.38. The summed E-state index contributed by atoms with van der Waals surface area (Å²) in [5.74, 6) is 0.122. The first-order valence-electron chi connectivity index (χ1n) is 9.61. The van der Waals surface area contributed by atoms with E-state index >= 15 is 0 Å². The molecule has 0 spiro atoms. The number of nitrogens with two attached hydrogens (primary N) is 2. The predicted molar refractivity (Wildman–Crippen MR) is 110 cm³/mol. The van der Waals surface area contributed by atoms with Crippen molar-refractivity contribution >= 4 is 30.5 Å². The van der Waals surface area contributed by atoms with Crippen molar-refractivity contribution in [1.82, 2.24) is 19.5 Å². The molecule has 2 unspecified atom stereocenters. The van der Waals surface area contributed by atoms with Gasteiger partial charge in [-0.2, -0.15) is 9.97 Å². The number of fused-ring (bicyclic) bond motifs is 1. The van der Waals surface area contributed by atoms with Gasteiger partial charge in [0.2, 0.25) is 5.95 Å². The van der Waals surface area contributed by atoms with E-state index in [0.717, 1.165) is 0 Å². The normalized spacial score (nSPS) is 26.7. The maximum Gasteiger partial charge on any atom is 0.331 e. The van der Waals surface area contributed by atoms with E-state index in [2.05, 4.69) is 15.0 Å². The van der Waals surface area contributed by atoms with Gasteiger partial charge in [0.05, 0.1) is 24.7 Å². The Balaban J connectivity index is 2.00. The van der Waals surface area contributed by atoms with Gasteiger partial charge < -0.3 is 30.6 Å².